The molecule has 0 N–H and O–H groups in total. The Morgan fingerprint density at radius 3 is 2.63 bits per heavy atom. The van der Waals surface area contributed by atoms with Gasteiger partial charge in [-0.25, -0.2) is 9.97 Å². The Balaban J connectivity index is 1.46. The van der Waals surface area contributed by atoms with E-state index in [0.717, 1.165) is 5.56 Å². The van der Waals surface area contributed by atoms with Crippen molar-refractivity contribution >= 4 is 22.7 Å². The lowest BCUT2D eigenvalue weighted by Crippen LogP contribution is -2.23. The van der Waals surface area contributed by atoms with Crippen molar-refractivity contribution in [1.29, 1.82) is 0 Å². The minimum Gasteiger partial charge on any atom is -0.467 e. The predicted octanol–water partition coefficient (Wildman–Crippen LogP) is 4.99. The molecule has 30 heavy (non-hydrogen) atoms. The highest BCUT2D eigenvalue weighted by Gasteiger charge is 2.15. The molecule has 0 aliphatic rings. The smallest absolute Gasteiger partial charge is 0.262 e. The molecule has 7 heteroatoms. The van der Waals surface area contributed by atoms with Crippen LogP contribution in [0.1, 0.15) is 11.7 Å². The van der Waals surface area contributed by atoms with Crippen molar-refractivity contribution in [1.82, 2.24) is 14.5 Å². The molecule has 5 aromatic rings. The van der Waals surface area contributed by atoms with Crippen LogP contribution in [0.25, 0.3) is 22.2 Å². The highest BCUT2D eigenvalue weighted by atomic mass is 32.2. The predicted molar refractivity (Wildman–Crippen MR) is 115 cm³/mol. The summed E-state index contributed by atoms with van der Waals surface area (Å²) in [5.74, 6) is 2.44. The minimum atomic E-state index is -0.100. The van der Waals surface area contributed by atoms with Crippen molar-refractivity contribution in [2.24, 2.45) is 0 Å². The lowest BCUT2D eigenvalue weighted by atomic mass is 10.2. The third-order valence-electron chi connectivity index (χ3n) is 4.66. The van der Waals surface area contributed by atoms with E-state index >= 15 is 0 Å². The quantitative estimate of drug-likeness (QED) is 0.287. The van der Waals surface area contributed by atoms with Gasteiger partial charge in [0.25, 0.3) is 5.56 Å². The zero-order valence-electron chi connectivity index (χ0n) is 15.9. The second-order valence-electron chi connectivity index (χ2n) is 6.66. The molecular formula is C23H17N3O3S. The molecule has 0 spiro atoms. The molecule has 2 aromatic carbocycles. The normalized spacial score (nSPS) is 11.2. The second kappa shape index (κ2) is 8.04. The van der Waals surface area contributed by atoms with Crippen LogP contribution in [-0.4, -0.2) is 14.5 Å². The first-order valence-corrected chi connectivity index (χ1v) is 10.4. The number of nitrogens with zero attached hydrogens (tertiary/aromatic N) is 3. The first-order chi connectivity index (χ1) is 14.8. The Morgan fingerprint density at radius 2 is 1.80 bits per heavy atom. The summed E-state index contributed by atoms with van der Waals surface area (Å²) < 4.78 is 13.0. The summed E-state index contributed by atoms with van der Waals surface area (Å²) >= 11 is 1.41. The van der Waals surface area contributed by atoms with E-state index in [4.69, 9.17) is 13.8 Å². The average Bonchev–Trinajstić information content (AvgIpc) is 3.47. The Bertz CT molecular complexity index is 1340. The number of furan rings is 1. The van der Waals surface area contributed by atoms with Crippen molar-refractivity contribution < 1.29 is 8.83 Å². The number of fused-ring (bicyclic) bond motifs is 1. The van der Waals surface area contributed by atoms with Crippen LogP contribution in [0.2, 0.25) is 0 Å². The van der Waals surface area contributed by atoms with Crippen LogP contribution >= 0.6 is 11.8 Å². The summed E-state index contributed by atoms with van der Waals surface area (Å²) in [6.45, 7) is 0.312. The monoisotopic (exact) mass is 415 g/mol. The van der Waals surface area contributed by atoms with E-state index < -0.39 is 0 Å². The Morgan fingerprint density at radius 1 is 0.967 bits per heavy atom. The maximum absolute atomic E-state index is 13.1. The molecule has 0 radical (unpaired) electrons. The van der Waals surface area contributed by atoms with E-state index in [0.29, 0.717) is 45.8 Å². The number of benzene rings is 2. The summed E-state index contributed by atoms with van der Waals surface area (Å²) in [5, 5.41) is 1.17. The molecule has 0 aliphatic heterocycles. The van der Waals surface area contributed by atoms with Gasteiger partial charge in [-0.1, -0.05) is 54.2 Å². The van der Waals surface area contributed by atoms with Gasteiger partial charge >= 0.3 is 0 Å². The molecule has 0 bridgehead atoms. The van der Waals surface area contributed by atoms with Gasteiger partial charge in [0.2, 0.25) is 5.89 Å². The molecular weight excluding hydrogens is 398 g/mol. The minimum absolute atomic E-state index is 0.100. The summed E-state index contributed by atoms with van der Waals surface area (Å²) in [7, 11) is 0. The molecule has 0 saturated carbocycles. The fourth-order valence-electron chi connectivity index (χ4n) is 3.19. The van der Waals surface area contributed by atoms with Crippen LogP contribution in [0.4, 0.5) is 0 Å². The third-order valence-corrected chi connectivity index (χ3v) is 5.62. The van der Waals surface area contributed by atoms with Crippen LogP contribution in [-0.2, 0) is 12.3 Å². The first kappa shape index (κ1) is 18.4. The summed E-state index contributed by atoms with van der Waals surface area (Å²) in [5.41, 5.74) is 1.54. The SMILES string of the molecule is O=c1c2ccccc2nc(SCc2ncc(-c3ccccc3)o2)n1Cc1ccco1. The number of rotatable bonds is 6. The number of hydrogen-bond donors (Lipinski definition) is 0. The maximum atomic E-state index is 13.1. The molecule has 3 aromatic heterocycles. The molecule has 0 unspecified atom stereocenters. The maximum Gasteiger partial charge on any atom is 0.262 e. The lowest BCUT2D eigenvalue weighted by molar-refractivity contribution is 0.476. The molecule has 0 fully saturated rings. The van der Waals surface area contributed by atoms with E-state index in [1.54, 1.807) is 29.2 Å². The molecule has 3 heterocycles. The average molecular weight is 415 g/mol. The number of para-hydroxylation sites is 1. The van der Waals surface area contributed by atoms with Crippen molar-refractivity contribution in [2.75, 3.05) is 0 Å². The van der Waals surface area contributed by atoms with Gasteiger partial charge < -0.3 is 8.83 Å². The molecule has 6 nitrogen and oxygen atoms in total. The Labute approximate surface area is 176 Å². The van der Waals surface area contributed by atoms with Crippen molar-refractivity contribution in [3.05, 3.63) is 101 Å². The van der Waals surface area contributed by atoms with Crippen molar-refractivity contribution in [2.45, 2.75) is 17.5 Å². The highest BCUT2D eigenvalue weighted by Crippen LogP contribution is 2.26. The molecule has 0 aliphatic carbocycles. The fourth-order valence-corrected chi connectivity index (χ4v) is 4.05. The zero-order valence-corrected chi connectivity index (χ0v) is 16.7. The largest absolute Gasteiger partial charge is 0.467 e. The van der Waals surface area contributed by atoms with Gasteiger partial charge in [0.05, 0.1) is 35.7 Å². The second-order valence-corrected chi connectivity index (χ2v) is 7.60. The molecule has 0 saturated heterocycles. The Hall–Kier alpha value is -3.58. The van der Waals surface area contributed by atoms with Gasteiger partial charge in [-0.15, -0.1) is 0 Å². The van der Waals surface area contributed by atoms with E-state index in [-0.39, 0.29) is 5.56 Å². The topological polar surface area (TPSA) is 74.1 Å². The number of aromatic nitrogens is 3. The van der Waals surface area contributed by atoms with Crippen LogP contribution in [0.15, 0.2) is 98.0 Å². The number of thioether (sulfide) groups is 1. The van der Waals surface area contributed by atoms with E-state index in [1.165, 1.54) is 11.8 Å². The summed E-state index contributed by atoms with van der Waals surface area (Å²) in [4.78, 5) is 22.2. The highest BCUT2D eigenvalue weighted by molar-refractivity contribution is 7.98. The van der Waals surface area contributed by atoms with Gasteiger partial charge in [-0.3, -0.25) is 9.36 Å². The van der Waals surface area contributed by atoms with Gasteiger partial charge in [-0.2, -0.15) is 0 Å². The van der Waals surface area contributed by atoms with Crippen molar-refractivity contribution in [3.63, 3.8) is 0 Å². The van der Waals surface area contributed by atoms with Crippen molar-refractivity contribution in [3.8, 4) is 11.3 Å². The van der Waals surface area contributed by atoms with Crippen LogP contribution in [0.5, 0.6) is 0 Å². The summed E-state index contributed by atoms with van der Waals surface area (Å²) in [6.07, 6.45) is 3.31. The van der Waals surface area contributed by atoms with Gasteiger partial charge in [0, 0.05) is 5.56 Å². The van der Waals surface area contributed by atoms with Crippen LogP contribution in [0.3, 0.4) is 0 Å². The molecule has 0 atom stereocenters. The van der Waals surface area contributed by atoms with Gasteiger partial charge in [-0.05, 0) is 24.3 Å². The van der Waals surface area contributed by atoms with Gasteiger partial charge in [0.15, 0.2) is 10.9 Å². The third kappa shape index (κ3) is 3.67. The molecule has 0 amide bonds. The standard InChI is InChI=1S/C23H17N3O3S/c27-22-18-10-4-5-11-19(18)25-23(26(22)14-17-9-6-12-28-17)30-15-21-24-13-20(29-21)16-7-2-1-3-8-16/h1-13H,14-15H2. The number of hydrogen-bond acceptors (Lipinski definition) is 6. The fraction of sp³-hybridized carbons (Fsp3) is 0.0870. The van der Waals surface area contributed by atoms with E-state index in [2.05, 4.69) is 4.98 Å². The van der Waals surface area contributed by atoms with E-state index in [9.17, 15) is 4.79 Å². The lowest BCUT2D eigenvalue weighted by Gasteiger charge is -2.11. The van der Waals surface area contributed by atoms with E-state index in [1.807, 2.05) is 54.6 Å². The van der Waals surface area contributed by atoms with Gasteiger partial charge in [0.1, 0.15) is 5.76 Å². The molecule has 5 rings (SSSR count). The first-order valence-electron chi connectivity index (χ1n) is 9.43. The van der Waals surface area contributed by atoms with Crippen LogP contribution < -0.4 is 5.56 Å². The Kier molecular flexibility index (Phi) is 4.94. The number of oxazole rings is 1. The van der Waals surface area contributed by atoms with Crippen LogP contribution in [0, 0.1) is 0 Å². The summed E-state index contributed by atoms with van der Waals surface area (Å²) in [6, 6.07) is 20.8. The zero-order chi connectivity index (χ0) is 20.3. The molecule has 148 valence electrons.